The van der Waals surface area contributed by atoms with E-state index < -0.39 is 10.8 Å². The minimum atomic E-state index is -0.572. The molecule has 0 saturated heterocycles. The van der Waals surface area contributed by atoms with Gasteiger partial charge < -0.3 is 4.74 Å². The van der Waals surface area contributed by atoms with Crippen LogP contribution in [-0.2, 0) is 0 Å². The Labute approximate surface area is 104 Å². The van der Waals surface area contributed by atoms with Crippen molar-refractivity contribution in [1.82, 2.24) is 10.4 Å². The van der Waals surface area contributed by atoms with Gasteiger partial charge in [-0.1, -0.05) is 0 Å². The van der Waals surface area contributed by atoms with Crippen LogP contribution in [0.1, 0.15) is 17.3 Å². The highest BCUT2D eigenvalue weighted by atomic mass is 16.6. The van der Waals surface area contributed by atoms with Crippen LogP contribution in [0.2, 0.25) is 0 Å². The summed E-state index contributed by atoms with van der Waals surface area (Å²) in [4.78, 5) is 22.0. The van der Waals surface area contributed by atoms with E-state index in [1.807, 2.05) is 0 Å². The summed E-state index contributed by atoms with van der Waals surface area (Å²) in [5, 5.41) is 12.3. The van der Waals surface area contributed by atoms with Gasteiger partial charge in [-0.15, -0.1) is 0 Å². The molecule has 0 aliphatic heterocycles. The summed E-state index contributed by atoms with van der Waals surface area (Å²) in [7, 11) is 3.31. The molecule has 0 heterocycles. The fraction of sp³-hybridized carbons (Fsp3) is 0.364. The number of hydrazine groups is 1. The van der Waals surface area contributed by atoms with Crippen LogP contribution in [0.3, 0.4) is 0 Å². The van der Waals surface area contributed by atoms with Crippen LogP contribution in [0.5, 0.6) is 5.75 Å². The number of carbonyl (C=O) groups is 1. The maximum Gasteiger partial charge on any atom is 0.311 e. The Kier molecular flexibility index (Phi) is 4.61. The van der Waals surface area contributed by atoms with Gasteiger partial charge >= 0.3 is 5.69 Å². The number of amides is 1. The highest BCUT2D eigenvalue weighted by Crippen LogP contribution is 2.27. The predicted molar refractivity (Wildman–Crippen MR) is 65.4 cm³/mol. The van der Waals surface area contributed by atoms with Gasteiger partial charge in [-0.2, -0.15) is 0 Å². The van der Waals surface area contributed by atoms with E-state index in [1.165, 1.54) is 23.2 Å². The molecule has 0 fully saturated rings. The molecule has 7 nitrogen and oxygen atoms in total. The van der Waals surface area contributed by atoms with Crippen LogP contribution in [0.25, 0.3) is 0 Å². The third kappa shape index (κ3) is 3.42. The van der Waals surface area contributed by atoms with E-state index >= 15 is 0 Å². The molecule has 7 heteroatoms. The van der Waals surface area contributed by atoms with Crippen LogP contribution in [0.15, 0.2) is 18.2 Å². The topological polar surface area (TPSA) is 84.7 Å². The molecule has 98 valence electrons. The molecule has 0 bridgehead atoms. The third-order valence-corrected chi connectivity index (χ3v) is 2.04. The molecular weight excluding hydrogens is 238 g/mol. The van der Waals surface area contributed by atoms with Gasteiger partial charge in [0.15, 0.2) is 5.75 Å². The first kappa shape index (κ1) is 13.9. The molecular formula is C11H15N3O4. The highest BCUT2D eigenvalue weighted by molar-refractivity contribution is 5.94. The van der Waals surface area contributed by atoms with Crippen LogP contribution >= 0.6 is 0 Å². The molecule has 0 aliphatic carbocycles. The quantitative estimate of drug-likeness (QED) is 0.629. The van der Waals surface area contributed by atoms with E-state index in [-0.39, 0.29) is 17.0 Å². The summed E-state index contributed by atoms with van der Waals surface area (Å²) >= 11 is 0. The zero-order valence-corrected chi connectivity index (χ0v) is 10.5. The van der Waals surface area contributed by atoms with E-state index in [9.17, 15) is 14.9 Å². The first-order chi connectivity index (χ1) is 8.45. The normalized spacial score (nSPS) is 10.2. The highest BCUT2D eigenvalue weighted by Gasteiger charge is 2.18. The van der Waals surface area contributed by atoms with Crippen molar-refractivity contribution in [2.75, 3.05) is 20.7 Å². The average Bonchev–Trinajstić information content (AvgIpc) is 2.28. The van der Waals surface area contributed by atoms with Crippen molar-refractivity contribution in [3.05, 3.63) is 33.9 Å². The Bertz CT molecular complexity index is 460. The Balaban J connectivity index is 3.06. The number of hydrogen-bond donors (Lipinski definition) is 1. The Hall–Kier alpha value is -2.15. The fourth-order valence-corrected chi connectivity index (χ4v) is 1.35. The van der Waals surface area contributed by atoms with E-state index in [0.717, 1.165) is 0 Å². The number of nitrogens with zero attached hydrogens (tertiary/aromatic N) is 2. The number of ether oxygens (including phenoxy) is 1. The van der Waals surface area contributed by atoms with E-state index in [4.69, 9.17) is 4.74 Å². The van der Waals surface area contributed by atoms with E-state index in [0.29, 0.717) is 6.61 Å². The van der Waals surface area contributed by atoms with Crippen LogP contribution in [-0.4, -0.2) is 36.5 Å². The van der Waals surface area contributed by atoms with Gasteiger partial charge in [0.05, 0.1) is 11.5 Å². The molecule has 0 saturated carbocycles. The Morgan fingerprint density at radius 3 is 2.67 bits per heavy atom. The lowest BCUT2D eigenvalue weighted by Gasteiger charge is -2.12. The second kappa shape index (κ2) is 5.97. The minimum Gasteiger partial charge on any atom is -0.487 e. The van der Waals surface area contributed by atoms with Gasteiger partial charge in [0, 0.05) is 25.7 Å². The molecule has 0 aromatic heterocycles. The van der Waals surface area contributed by atoms with Crippen LogP contribution < -0.4 is 10.2 Å². The molecule has 1 aromatic carbocycles. The van der Waals surface area contributed by atoms with Crippen molar-refractivity contribution < 1.29 is 14.5 Å². The van der Waals surface area contributed by atoms with Gasteiger partial charge in [-0.25, -0.2) is 5.01 Å². The standard InChI is InChI=1S/C11H15N3O4/c1-4-18-10-6-5-8(7-9(10)14(16)17)11(15)12-13(2)3/h5-7H,4H2,1-3H3,(H,12,15). The molecule has 18 heavy (non-hydrogen) atoms. The van der Waals surface area contributed by atoms with Crippen molar-refractivity contribution in [3.63, 3.8) is 0 Å². The van der Waals surface area contributed by atoms with Gasteiger partial charge in [0.2, 0.25) is 0 Å². The lowest BCUT2D eigenvalue weighted by Crippen LogP contribution is -2.36. The largest absolute Gasteiger partial charge is 0.487 e. The smallest absolute Gasteiger partial charge is 0.311 e. The molecule has 0 spiro atoms. The summed E-state index contributed by atoms with van der Waals surface area (Å²) in [6.07, 6.45) is 0. The number of benzene rings is 1. The van der Waals surface area contributed by atoms with Gasteiger partial charge in [-0.05, 0) is 19.1 Å². The summed E-state index contributed by atoms with van der Waals surface area (Å²) in [6.45, 7) is 2.06. The Morgan fingerprint density at radius 2 is 2.17 bits per heavy atom. The van der Waals surface area contributed by atoms with Crippen LogP contribution in [0.4, 0.5) is 5.69 Å². The van der Waals surface area contributed by atoms with Gasteiger partial charge in [0.25, 0.3) is 5.91 Å². The lowest BCUT2D eigenvalue weighted by molar-refractivity contribution is -0.385. The molecule has 1 N–H and O–H groups in total. The molecule has 1 amide bonds. The maximum atomic E-state index is 11.7. The number of nitrogens with one attached hydrogen (secondary N) is 1. The number of nitro benzene ring substituents is 1. The lowest BCUT2D eigenvalue weighted by atomic mass is 10.2. The SMILES string of the molecule is CCOc1ccc(C(=O)NN(C)C)cc1[N+](=O)[O-]. The predicted octanol–water partition coefficient (Wildman–Crippen LogP) is 1.20. The summed E-state index contributed by atoms with van der Waals surface area (Å²) in [5.74, 6) is -0.255. The molecule has 0 atom stereocenters. The van der Waals surface area contributed by atoms with Crippen molar-refractivity contribution >= 4 is 11.6 Å². The molecule has 0 radical (unpaired) electrons. The van der Waals surface area contributed by atoms with Crippen molar-refractivity contribution in [1.29, 1.82) is 0 Å². The van der Waals surface area contributed by atoms with Crippen molar-refractivity contribution in [3.8, 4) is 5.75 Å². The number of hydrogen-bond acceptors (Lipinski definition) is 5. The maximum absolute atomic E-state index is 11.7. The monoisotopic (exact) mass is 253 g/mol. The fourth-order valence-electron chi connectivity index (χ4n) is 1.35. The van der Waals surface area contributed by atoms with Crippen molar-refractivity contribution in [2.24, 2.45) is 0 Å². The first-order valence-electron chi connectivity index (χ1n) is 5.35. The van der Waals surface area contributed by atoms with Gasteiger partial charge in [0.1, 0.15) is 0 Å². The molecule has 0 unspecified atom stereocenters. The van der Waals surface area contributed by atoms with Gasteiger partial charge in [-0.3, -0.25) is 20.3 Å². The zero-order chi connectivity index (χ0) is 13.7. The van der Waals surface area contributed by atoms with Crippen LogP contribution in [0, 0.1) is 10.1 Å². The second-order valence-corrected chi connectivity index (χ2v) is 3.71. The number of carbonyl (C=O) groups excluding carboxylic acids is 1. The second-order valence-electron chi connectivity index (χ2n) is 3.71. The summed E-state index contributed by atoms with van der Waals surface area (Å²) in [5.41, 5.74) is 2.50. The summed E-state index contributed by atoms with van der Waals surface area (Å²) < 4.78 is 5.13. The average molecular weight is 253 g/mol. The minimum absolute atomic E-state index is 0.156. The van der Waals surface area contributed by atoms with Crippen molar-refractivity contribution in [2.45, 2.75) is 6.92 Å². The van der Waals surface area contributed by atoms with E-state index in [2.05, 4.69) is 5.43 Å². The first-order valence-corrected chi connectivity index (χ1v) is 5.35. The van der Waals surface area contributed by atoms with E-state index in [1.54, 1.807) is 21.0 Å². The summed E-state index contributed by atoms with van der Waals surface area (Å²) in [6, 6.07) is 4.10. The molecule has 1 aromatic rings. The Morgan fingerprint density at radius 1 is 1.50 bits per heavy atom. The number of rotatable bonds is 5. The molecule has 1 rings (SSSR count). The zero-order valence-electron chi connectivity index (χ0n) is 10.5. The molecule has 0 aliphatic rings. The number of nitro groups is 1. The third-order valence-electron chi connectivity index (χ3n) is 2.04.